The van der Waals surface area contributed by atoms with E-state index < -0.39 is 0 Å². The van der Waals surface area contributed by atoms with Gasteiger partial charge in [-0.1, -0.05) is 30.3 Å². The normalized spacial score (nSPS) is 12.1. The summed E-state index contributed by atoms with van der Waals surface area (Å²) in [6.07, 6.45) is 4.83. The number of oxazole rings is 1. The summed E-state index contributed by atoms with van der Waals surface area (Å²) in [7, 11) is 1.60. The third kappa shape index (κ3) is 3.06. The SMILES string of the molecule is COc1cnc2ncnc(NC(C)c3ncc(-c4ccccc4)o3)c2c1. The van der Waals surface area contributed by atoms with Gasteiger partial charge in [-0.2, -0.15) is 0 Å². The van der Waals surface area contributed by atoms with Crippen molar-refractivity contribution in [2.24, 2.45) is 0 Å². The zero-order chi connectivity index (χ0) is 17.9. The number of aromatic nitrogens is 4. The maximum absolute atomic E-state index is 5.90. The molecule has 3 heterocycles. The van der Waals surface area contributed by atoms with Crippen LogP contribution in [-0.2, 0) is 0 Å². The monoisotopic (exact) mass is 347 g/mol. The molecule has 4 rings (SSSR count). The quantitative estimate of drug-likeness (QED) is 0.586. The first kappa shape index (κ1) is 16.0. The molecule has 0 saturated carbocycles. The molecule has 0 amide bonds. The molecule has 1 N–H and O–H groups in total. The Morgan fingerprint density at radius 2 is 1.88 bits per heavy atom. The molecule has 0 radical (unpaired) electrons. The Labute approximate surface area is 150 Å². The van der Waals surface area contributed by atoms with Crippen molar-refractivity contribution >= 4 is 16.9 Å². The van der Waals surface area contributed by atoms with Crippen molar-refractivity contribution in [3.63, 3.8) is 0 Å². The number of fused-ring (bicyclic) bond motifs is 1. The minimum Gasteiger partial charge on any atom is -0.495 e. The molecule has 1 unspecified atom stereocenters. The minimum atomic E-state index is -0.184. The molecule has 0 bridgehead atoms. The summed E-state index contributed by atoms with van der Waals surface area (Å²) in [6.45, 7) is 1.96. The Kier molecular flexibility index (Phi) is 4.18. The standard InChI is InChI=1S/C19H17N5O2/c1-12(19-21-10-16(26-19)13-6-4-3-5-7-13)24-18-15-8-14(25-2)9-20-17(15)22-11-23-18/h3-12H,1-2H3,(H,20,22,23,24). The van der Waals surface area contributed by atoms with Crippen LogP contribution in [0, 0.1) is 0 Å². The van der Waals surface area contributed by atoms with E-state index in [1.54, 1.807) is 19.5 Å². The molecule has 26 heavy (non-hydrogen) atoms. The van der Waals surface area contributed by atoms with Crippen molar-refractivity contribution in [3.05, 3.63) is 61.0 Å². The highest BCUT2D eigenvalue weighted by Gasteiger charge is 2.16. The third-order valence-corrected chi connectivity index (χ3v) is 4.00. The van der Waals surface area contributed by atoms with Gasteiger partial charge in [0, 0.05) is 5.56 Å². The molecule has 1 atom stereocenters. The summed E-state index contributed by atoms with van der Waals surface area (Å²) < 4.78 is 11.1. The first-order valence-electron chi connectivity index (χ1n) is 8.17. The summed E-state index contributed by atoms with van der Waals surface area (Å²) in [5.74, 6) is 2.59. The van der Waals surface area contributed by atoms with Crippen LogP contribution in [0.3, 0.4) is 0 Å². The average molecular weight is 347 g/mol. The Hall–Kier alpha value is -3.48. The van der Waals surface area contributed by atoms with Crippen LogP contribution >= 0.6 is 0 Å². The van der Waals surface area contributed by atoms with Crippen LogP contribution in [0.25, 0.3) is 22.4 Å². The van der Waals surface area contributed by atoms with E-state index in [2.05, 4.69) is 25.3 Å². The van der Waals surface area contributed by atoms with Gasteiger partial charge in [0.15, 0.2) is 11.4 Å². The van der Waals surface area contributed by atoms with E-state index in [0.717, 1.165) is 16.7 Å². The zero-order valence-electron chi connectivity index (χ0n) is 14.4. The maximum Gasteiger partial charge on any atom is 0.217 e. The smallest absolute Gasteiger partial charge is 0.217 e. The first-order chi connectivity index (χ1) is 12.7. The number of hydrogen-bond acceptors (Lipinski definition) is 7. The predicted molar refractivity (Wildman–Crippen MR) is 97.9 cm³/mol. The van der Waals surface area contributed by atoms with Crippen LogP contribution in [0.15, 0.2) is 59.5 Å². The van der Waals surface area contributed by atoms with Gasteiger partial charge in [-0.3, -0.25) is 0 Å². The Balaban J connectivity index is 1.62. The second-order valence-corrected chi connectivity index (χ2v) is 5.76. The molecule has 7 nitrogen and oxygen atoms in total. The van der Waals surface area contributed by atoms with E-state index in [4.69, 9.17) is 9.15 Å². The van der Waals surface area contributed by atoms with Gasteiger partial charge in [-0.15, -0.1) is 0 Å². The van der Waals surface area contributed by atoms with E-state index in [9.17, 15) is 0 Å². The van der Waals surface area contributed by atoms with Gasteiger partial charge in [0.2, 0.25) is 5.89 Å². The molecule has 0 spiro atoms. The van der Waals surface area contributed by atoms with Gasteiger partial charge >= 0.3 is 0 Å². The molecule has 0 fully saturated rings. The molecule has 0 aliphatic rings. The van der Waals surface area contributed by atoms with Crippen molar-refractivity contribution in [3.8, 4) is 17.1 Å². The van der Waals surface area contributed by atoms with E-state index in [1.165, 1.54) is 6.33 Å². The topological polar surface area (TPSA) is 86.0 Å². The minimum absolute atomic E-state index is 0.184. The lowest BCUT2D eigenvalue weighted by Crippen LogP contribution is -2.09. The first-order valence-corrected chi connectivity index (χ1v) is 8.17. The van der Waals surface area contributed by atoms with E-state index in [-0.39, 0.29) is 6.04 Å². The molecule has 4 aromatic rings. The van der Waals surface area contributed by atoms with Crippen LogP contribution in [0.4, 0.5) is 5.82 Å². The van der Waals surface area contributed by atoms with Gasteiger partial charge < -0.3 is 14.5 Å². The van der Waals surface area contributed by atoms with Gasteiger partial charge in [0.05, 0.1) is 24.9 Å². The number of nitrogens with zero attached hydrogens (tertiary/aromatic N) is 4. The molecular formula is C19H17N5O2. The van der Waals surface area contributed by atoms with Crippen LogP contribution in [0.2, 0.25) is 0 Å². The molecular weight excluding hydrogens is 330 g/mol. The number of hydrogen-bond donors (Lipinski definition) is 1. The maximum atomic E-state index is 5.90. The fourth-order valence-corrected chi connectivity index (χ4v) is 2.64. The second-order valence-electron chi connectivity index (χ2n) is 5.76. The lowest BCUT2D eigenvalue weighted by molar-refractivity contribution is 0.413. The number of nitrogens with one attached hydrogen (secondary N) is 1. The highest BCUT2D eigenvalue weighted by atomic mass is 16.5. The lowest BCUT2D eigenvalue weighted by Gasteiger charge is -2.13. The van der Waals surface area contributed by atoms with Crippen LogP contribution < -0.4 is 10.1 Å². The van der Waals surface area contributed by atoms with E-state index in [1.807, 2.05) is 43.3 Å². The Morgan fingerprint density at radius 1 is 1.04 bits per heavy atom. The summed E-state index contributed by atoms with van der Waals surface area (Å²) in [4.78, 5) is 17.2. The molecule has 1 aromatic carbocycles. The molecule has 7 heteroatoms. The van der Waals surface area contributed by atoms with Gasteiger partial charge in [0.25, 0.3) is 0 Å². The van der Waals surface area contributed by atoms with Crippen molar-refractivity contribution in [2.75, 3.05) is 12.4 Å². The highest BCUT2D eigenvalue weighted by molar-refractivity contribution is 5.87. The predicted octanol–water partition coefficient (Wildman–Crippen LogP) is 3.86. The largest absolute Gasteiger partial charge is 0.495 e. The van der Waals surface area contributed by atoms with Crippen LogP contribution in [0.1, 0.15) is 18.9 Å². The number of anilines is 1. The molecule has 130 valence electrons. The molecule has 0 aliphatic carbocycles. The summed E-state index contributed by atoms with van der Waals surface area (Å²) in [5, 5.41) is 4.09. The Morgan fingerprint density at radius 3 is 2.69 bits per heavy atom. The summed E-state index contributed by atoms with van der Waals surface area (Å²) in [6, 6.07) is 11.5. The fraction of sp³-hybridized carbons (Fsp3) is 0.158. The Bertz CT molecular complexity index is 1030. The lowest BCUT2D eigenvalue weighted by atomic mass is 10.2. The van der Waals surface area contributed by atoms with E-state index in [0.29, 0.717) is 23.1 Å². The molecule has 0 aliphatic heterocycles. The number of benzene rings is 1. The summed E-state index contributed by atoms with van der Waals surface area (Å²) >= 11 is 0. The van der Waals surface area contributed by atoms with E-state index >= 15 is 0 Å². The van der Waals surface area contributed by atoms with Crippen molar-refractivity contribution in [1.82, 2.24) is 19.9 Å². The number of pyridine rings is 1. The van der Waals surface area contributed by atoms with Crippen LogP contribution in [-0.4, -0.2) is 27.0 Å². The van der Waals surface area contributed by atoms with Gasteiger partial charge in [-0.05, 0) is 13.0 Å². The molecule has 0 saturated heterocycles. The van der Waals surface area contributed by atoms with Gasteiger partial charge in [-0.25, -0.2) is 19.9 Å². The number of methoxy groups -OCH3 is 1. The summed E-state index contributed by atoms with van der Waals surface area (Å²) in [5.41, 5.74) is 1.58. The van der Waals surface area contributed by atoms with Crippen LogP contribution in [0.5, 0.6) is 5.75 Å². The zero-order valence-corrected chi connectivity index (χ0v) is 14.4. The van der Waals surface area contributed by atoms with Crippen molar-refractivity contribution in [2.45, 2.75) is 13.0 Å². The molecule has 3 aromatic heterocycles. The van der Waals surface area contributed by atoms with Crippen molar-refractivity contribution in [1.29, 1.82) is 0 Å². The van der Waals surface area contributed by atoms with Crippen molar-refractivity contribution < 1.29 is 9.15 Å². The fourth-order valence-electron chi connectivity index (χ4n) is 2.64. The number of ether oxygens (including phenoxy) is 1. The average Bonchev–Trinajstić information content (AvgIpc) is 3.19. The number of rotatable bonds is 5. The highest BCUT2D eigenvalue weighted by Crippen LogP contribution is 2.27. The van der Waals surface area contributed by atoms with Gasteiger partial charge in [0.1, 0.15) is 23.9 Å². The third-order valence-electron chi connectivity index (χ3n) is 4.00. The second kappa shape index (κ2) is 6.79.